The van der Waals surface area contributed by atoms with Crippen LogP contribution in [0.3, 0.4) is 0 Å². The Hall–Kier alpha value is -3.58. The molecule has 3 heterocycles. The van der Waals surface area contributed by atoms with Crippen molar-refractivity contribution in [3.8, 4) is 11.6 Å². The lowest BCUT2D eigenvalue weighted by molar-refractivity contribution is 0.0945. The lowest BCUT2D eigenvalue weighted by atomic mass is 10.1. The van der Waals surface area contributed by atoms with Gasteiger partial charge in [0, 0.05) is 34.6 Å². The summed E-state index contributed by atoms with van der Waals surface area (Å²) < 4.78 is 30.9. The monoisotopic (exact) mass is 495 g/mol. The van der Waals surface area contributed by atoms with Crippen LogP contribution in [0.15, 0.2) is 67.3 Å². The first kappa shape index (κ1) is 23.6. The van der Waals surface area contributed by atoms with Crippen LogP contribution in [0.5, 0.6) is 11.6 Å². The van der Waals surface area contributed by atoms with E-state index in [1.165, 1.54) is 29.9 Å². The molecule has 0 aliphatic heterocycles. The standard InChI is InChI=1S/C22H20N6O4S2/c1-14-23-10-17(33-14)11-27-22(29)19-13-24-18(12-25-19)21(28-34(30)31)15-7-8-20(26-9-15)32-16-5-3-2-4-6-16/h2-10,12-13,21,28H,11H2,1H3,(H,27,29)(H,30,31)/p-1. The number of ether oxygens (including phenoxy) is 1. The summed E-state index contributed by atoms with van der Waals surface area (Å²) in [4.78, 5) is 30.1. The maximum atomic E-state index is 12.4. The number of nitrogens with one attached hydrogen (secondary N) is 2. The van der Waals surface area contributed by atoms with Crippen LogP contribution in [0.1, 0.15) is 37.7 Å². The van der Waals surface area contributed by atoms with Gasteiger partial charge in [0.2, 0.25) is 5.88 Å². The first-order valence-electron chi connectivity index (χ1n) is 10.0. The molecule has 0 bridgehead atoms. The van der Waals surface area contributed by atoms with Crippen LogP contribution in [0, 0.1) is 6.92 Å². The van der Waals surface area contributed by atoms with Gasteiger partial charge in [-0.3, -0.25) is 14.0 Å². The molecule has 1 aromatic carbocycles. The second-order valence-electron chi connectivity index (χ2n) is 6.99. The van der Waals surface area contributed by atoms with E-state index in [4.69, 9.17) is 4.74 Å². The zero-order chi connectivity index (χ0) is 23.9. The number of benzene rings is 1. The average molecular weight is 496 g/mol. The zero-order valence-electron chi connectivity index (χ0n) is 17.9. The number of aromatic nitrogens is 4. The molecular weight excluding hydrogens is 476 g/mol. The third-order valence-electron chi connectivity index (χ3n) is 4.56. The van der Waals surface area contributed by atoms with Crippen LogP contribution in [0.4, 0.5) is 0 Å². The van der Waals surface area contributed by atoms with Crippen molar-refractivity contribution in [3.63, 3.8) is 0 Å². The number of thiazole rings is 1. The minimum absolute atomic E-state index is 0.108. The molecule has 4 aromatic rings. The van der Waals surface area contributed by atoms with E-state index < -0.39 is 23.2 Å². The molecular formula is C22H19N6O4S2-. The molecule has 10 nitrogen and oxygen atoms in total. The number of carbonyl (C=O) groups excluding carboxylic acids is 1. The Morgan fingerprint density at radius 2 is 1.88 bits per heavy atom. The molecule has 34 heavy (non-hydrogen) atoms. The van der Waals surface area contributed by atoms with Gasteiger partial charge in [-0.2, -0.15) is 0 Å². The van der Waals surface area contributed by atoms with E-state index in [1.54, 1.807) is 30.5 Å². The van der Waals surface area contributed by atoms with Gasteiger partial charge in [0.05, 0.1) is 35.7 Å². The minimum atomic E-state index is -2.58. The zero-order valence-corrected chi connectivity index (χ0v) is 19.5. The van der Waals surface area contributed by atoms with E-state index in [9.17, 15) is 13.6 Å². The molecule has 0 spiro atoms. The SMILES string of the molecule is Cc1ncc(CNC(=O)c2cnc(C(NS(=O)[O-])c3ccc(Oc4ccccc4)nc3)cn2)s1. The van der Waals surface area contributed by atoms with Crippen LogP contribution < -0.4 is 14.8 Å². The van der Waals surface area contributed by atoms with Crippen molar-refractivity contribution in [1.29, 1.82) is 0 Å². The number of aryl methyl sites for hydroxylation is 1. The molecule has 1 amide bonds. The van der Waals surface area contributed by atoms with Gasteiger partial charge in [0.25, 0.3) is 5.91 Å². The van der Waals surface area contributed by atoms with Crippen molar-refractivity contribution in [2.75, 3.05) is 0 Å². The molecule has 12 heteroatoms. The van der Waals surface area contributed by atoms with Crippen LogP contribution in [-0.2, 0) is 17.8 Å². The molecule has 2 unspecified atom stereocenters. The summed E-state index contributed by atoms with van der Waals surface area (Å²) in [5, 5.41) is 3.67. The summed E-state index contributed by atoms with van der Waals surface area (Å²) in [6, 6.07) is 11.6. The highest BCUT2D eigenvalue weighted by atomic mass is 32.2. The van der Waals surface area contributed by atoms with E-state index >= 15 is 0 Å². The van der Waals surface area contributed by atoms with Crippen molar-refractivity contribution in [2.45, 2.75) is 19.5 Å². The molecule has 2 atom stereocenters. The van der Waals surface area contributed by atoms with Crippen molar-refractivity contribution >= 4 is 28.5 Å². The van der Waals surface area contributed by atoms with E-state index in [0.29, 0.717) is 29.4 Å². The number of para-hydroxylation sites is 1. The number of rotatable bonds is 9. The van der Waals surface area contributed by atoms with Crippen LogP contribution in [0.25, 0.3) is 0 Å². The number of hydrogen-bond acceptors (Lipinski definition) is 9. The van der Waals surface area contributed by atoms with Gasteiger partial charge in [-0.15, -0.1) is 11.3 Å². The summed E-state index contributed by atoms with van der Waals surface area (Å²) >= 11 is -1.09. The highest BCUT2D eigenvalue weighted by molar-refractivity contribution is 7.77. The Kier molecular flexibility index (Phi) is 7.65. The molecule has 0 radical (unpaired) electrons. The van der Waals surface area contributed by atoms with Crippen LogP contribution >= 0.6 is 11.3 Å². The Morgan fingerprint density at radius 3 is 2.50 bits per heavy atom. The van der Waals surface area contributed by atoms with Crippen LogP contribution in [0.2, 0.25) is 0 Å². The fourth-order valence-corrected chi connectivity index (χ4v) is 4.16. The summed E-state index contributed by atoms with van der Waals surface area (Å²) in [6.45, 7) is 2.22. The molecule has 0 saturated heterocycles. The van der Waals surface area contributed by atoms with Crippen molar-refractivity contribution in [1.82, 2.24) is 30.0 Å². The van der Waals surface area contributed by atoms with Gasteiger partial charge in [-0.05, 0) is 24.6 Å². The Labute approximate surface area is 201 Å². The van der Waals surface area contributed by atoms with Gasteiger partial charge in [0.1, 0.15) is 11.4 Å². The second kappa shape index (κ2) is 11.0. The third-order valence-corrected chi connectivity index (χ3v) is 5.91. The van der Waals surface area contributed by atoms with Gasteiger partial charge < -0.3 is 14.6 Å². The van der Waals surface area contributed by atoms with Gasteiger partial charge in [0.15, 0.2) is 0 Å². The molecule has 3 aromatic heterocycles. The van der Waals surface area contributed by atoms with Gasteiger partial charge in [-0.25, -0.2) is 19.7 Å². The smallest absolute Gasteiger partial charge is 0.271 e. The summed E-state index contributed by atoms with van der Waals surface area (Å²) in [5.74, 6) is 0.584. The number of carbonyl (C=O) groups is 1. The van der Waals surface area contributed by atoms with Gasteiger partial charge >= 0.3 is 0 Å². The van der Waals surface area contributed by atoms with E-state index in [-0.39, 0.29) is 5.69 Å². The van der Waals surface area contributed by atoms with Gasteiger partial charge in [-0.1, -0.05) is 24.3 Å². The molecule has 0 fully saturated rings. The van der Waals surface area contributed by atoms with Crippen molar-refractivity contribution in [2.24, 2.45) is 0 Å². The summed E-state index contributed by atoms with van der Waals surface area (Å²) in [7, 11) is 0. The Balaban J connectivity index is 1.46. The van der Waals surface area contributed by atoms with E-state index in [1.807, 2.05) is 25.1 Å². The number of hydrogen-bond donors (Lipinski definition) is 2. The molecule has 174 valence electrons. The summed E-state index contributed by atoms with van der Waals surface area (Å²) in [6.07, 6.45) is 5.84. The largest absolute Gasteiger partial charge is 0.760 e. The highest BCUT2D eigenvalue weighted by Crippen LogP contribution is 2.24. The lowest BCUT2D eigenvalue weighted by Gasteiger charge is -2.20. The van der Waals surface area contributed by atoms with Crippen LogP contribution in [-0.4, -0.2) is 34.6 Å². The summed E-state index contributed by atoms with van der Waals surface area (Å²) in [5.41, 5.74) is 0.936. The molecule has 2 N–H and O–H groups in total. The average Bonchev–Trinajstić information content (AvgIpc) is 3.27. The first-order valence-corrected chi connectivity index (χ1v) is 11.9. The molecule has 0 saturated carbocycles. The third kappa shape index (κ3) is 6.26. The van der Waals surface area contributed by atoms with E-state index in [2.05, 4.69) is 30.0 Å². The van der Waals surface area contributed by atoms with Crippen molar-refractivity contribution in [3.05, 3.63) is 94.1 Å². The number of nitrogens with zero attached hydrogens (tertiary/aromatic N) is 4. The Bertz CT molecular complexity index is 1270. The molecule has 0 aliphatic carbocycles. The number of pyridine rings is 1. The molecule has 0 aliphatic rings. The van der Waals surface area contributed by atoms with Crippen molar-refractivity contribution < 1.29 is 18.3 Å². The highest BCUT2D eigenvalue weighted by Gasteiger charge is 2.18. The Morgan fingerprint density at radius 1 is 1.06 bits per heavy atom. The minimum Gasteiger partial charge on any atom is -0.760 e. The fraction of sp³-hybridized carbons (Fsp3) is 0.136. The number of amides is 1. The predicted octanol–water partition coefficient (Wildman–Crippen LogP) is 2.83. The normalized spacial score (nSPS) is 12.6. The maximum absolute atomic E-state index is 12.4. The quantitative estimate of drug-likeness (QED) is 0.338. The maximum Gasteiger partial charge on any atom is 0.271 e. The lowest BCUT2D eigenvalue weighted by Crippen LogP contribution is -2.27. The fourth-order valence-electron chi connectivity index (χ4n) is 2.98. The second-order valence-corrected chi connectivity index (χ2v) is 9.01. The molecule has 4 rings (SSSR count). The topological polar surface area (TPSA) is 142 Å². The van der Waals surface area contributed by atoms with E-state index in [0.717, 1.165) is 9.88 Å². The predicted molar refractivity (Wildman–Crippen MR) is 125 cm³/mol. The first-order chi connectivity index (χ1) is 16.5.